The van der Waals surface area contributed by atoms with Gasteiger partial charge in [0.2, 0.25) is 9.76 Å². The first-order valence-corrected chi connectivity index (χ1v) is 2.52. The molecule has 0 rings (SSSR count). The topological polar surface area (TPSA) is 9.23 Å². The van der Waals surface area contributed by atoms with Crippen molar-refractivity contribution in [2.75, 3.05) is 7.11 Å². The fourth-order valence-corrected chi connectivity index (χ4v) is 0.289. The minimum Gasteiger partial charge on any atom is -0.419 e. The molecule has 0 aromatic heterocycles. The maximum atomic E-state index is 4.66. The molecule has 2 heteroatoms. The highest BCUT2D eigenvalue weighted by Gasteiger charge is 1.63. The Morgan fingerprint density at radius 3 is 2.60 bits per heavy atom. The number of rotatable bonds is 2. The van der Waals surface area contributed by atoms with Gasteiger partial charge in [0, 0.05) is 7.11 Å². The van der Waals surface area contributed by atoms with Gasteiger partial charge in [0.05, 0.1) is 0 Å². The molecule has 0 aliphatic heterocycles. The van der Waals surface area contributed by atoms with Crippen molar-refractivity contribution in [2.24, 2.45) is 0 Å². The van der Waals surface area contributed by atoms with Crippen LogP contribution in [0.1, 0.15) is 0 Å². The molecule has 0 aromatic carbocycles. The van der Waals surface area contributed by atoms with Crippen molar-refractivity contribution in [3.63, 3.8) is 0 Å². The molecule has 0 saturated heterocycles. The quantitative estimate of drug-likeness (QED) is 0.435. The van der Waals surface area contributed by atoms with E-state index in [9.17, 15) is 0 Å². The van der Waals surface area contributed by atoms with Gasteiger partial charge >= 0.3 is 0 Å². The van der Waals surface area contributed by atoms with Gasteiger partial charge in [0.1, 0.15) is 0 Å². The number of hydrogen-bond donors (Lipinski definition) is 0. The van der Waals surface area contributed by atoms with Crippen LogP contribution in [0.15, 0.2) is 12.3 Å². The summed E-state index contributed by atoms with van der Waals surface area (Å²) in [5, 5.41) is 0. The second kappa shape index (κ2) is 3.92. The summed E-state index contributed by atoms with van der Waals surface area (Å²) in [6.45, 7) is 3.46. The minimum atomic E-state index is 0.0787. The SMILES string of the molecule is C=C[SiH]OC. The second-order valence-electron chi connectivity index (χ2n) is 0.607. The Hall–Kier alpha value is -0.0831. The molecule has 0 N–H and O–H groups in total. The molecule has 0 bridgehead atoms. The molecular weight excluding hydrogens is 80.1 g/mol. The summed E-state index contributed by atoms with van der Waals surface area (Å²) in [4.78, 5) is 0. The van der Waals surface area contributed by atoms with E-state index in [0.717, 1.165) is 0 Å². The van der Waals surface area contributed by atoms with E-state index in [1.54, 1.807) is 12.8 Å². The highest BCUT2D eigenvalue weighted by molar-refractivity contribution is 6.33. The molecule has 5 heavy (non-hydrogen) atoms. The average molecular weight is 87.2 g/mol. The van der Waals surface area contributed by atoms with Crippen LogP contribution in [0.2, 0.25) is 0 Å². The normalized spacial score (nSPS) is 7.40. The molecule has 0 atom stereocenters. The van der Waals surface area contributed by atoms with Crippen LogP contribution >= 0.6 is 0 Å². The maximum Gasteiger partial charge on any atom is 0.219 e. The van der Waals surface area contributed by atoms with Crippen LogP contribution in [0.5, 0.6) is 0 Å². The monoisotopic (exact) mass is 87.0 g/mol. The molecule has 0 spiro atoms. The van der Waals surface area contributed by atoms with Gasteiger partial charge in [0.15, 0.2) is 0 Å². The zero-order chi connectivity index (χ0) is 4.12. The van der Waals surface area contributed by atoms with Crippen LogP contribution in [0.3, 0.4) is 0 Å². The van der Waals surface area contributed by atoms with E-state index in [4.69, 9.17) is 0 Å². The van der Waals surface area contributed by atoms with Gasteiger partial charge in [-0.2, -0.15) is 0 Å². The Bertz CT molecular complexity index is 28.1. The Balaban J connectivity index is 2.40. The van der Waals surface area contributed by atoms with E-state index < -0.39 is 0 Å². The van der Waals surface area contributed by atoms with Crippen molar-refractivity contribution in [1.82, 2.24) is 0 Å². The molecule has 0 heterocycles. The minimum absolute atomic E-state index is 0.0787. The highest BCUT2D eigenvalue weighted by Crippen LogP contribution is 1.55. The van der Waals surface area contributed by atoms with Gasteiger partial charge in [-0.15, -0.1) is 6.58 Å². The first-order valence-electron chi connectivity index (χ1n) is 1.39. The van der Waals surface area contributed by atoms with Crippen molar-refractivity contribution in [3.8, 4) is 0 Å². The lowest BCUT2D eigenvalue weighted by Gasteiger charge is -1.77. The number of hydrogen-bond acceptors (Lipinski definition) is 1. The van der Waals surface area contributed by atoms with E-state index in [-0.39, 0.29) is 9.76 Å². The van der Waals surface area contributed by atoms with E-state index in [1.165, 1.54) is 0 Å². The average Bonchev–Trinajstić information content (AvgIpc) is 1.41. The van der Waals surface area contributed by atoms with Gasteiger partial charge in [-0.25, -0.2) is 0 Å². The van der Waals surface area contributed by atoms with E-state index in [1.807, 2.05) is 0 Å². The Morgan fingerprint density at radius 1 is 2.00 bits per heavy atom. The fraction of sp³-hybridized carbons (Fsp3) is 0.333. The lowest BCUT2D eigenvalue weighted by atomic mass is 11.3. The van der Waals surface area contributed by atoms with Crippen LogP contribution in [-0.2, 0) is 4.43 Å². The first kappa shape index (κ1) is 4.92. The van der Waals surface area contributed by atoms with Crippen LogP contribution in [-0.4, -0.2) is 16.9 Å². The second-order valence-corrected chi connectivity index (χ2v) is 1.82. The molecule has 0 unspecified atom stereocenters. The van der Waals surface area contributed by atoms with Crippen LogP contribution in [0.25, 0.3) is 0 Å². The van der Waals surface area contributed by atoms with Gasteiger partial charge < -0.3 is 4.43 Å². The third-order valence-corrected chi connectivity index (χ3v) is 0.697. The van der Waals surface area contributed by atoms with Gasteiger partial charge in [-0.3, -0.25) is 0 Å². The highest BCUT2D eigenvalue weighted by atomic mass is 28.2. The summed E-state index contributed by atoms with van der Waals surface area (Å²) in [5.41, 5.74) is 1.79. The van der Waals surface area contributed by atoms with Crippen molar-refractivity contribution >= 4 is 9.76 Å². The maximum absolute atomic E-state index is 4.66. The Kier molecular flexibility index (Phi) is 3.85. The molecule has 0 aliphatic rings. The standard InChI is InChI=1S/C3H7OSi/c1-3-5-4-2/h3,5H,1H2,2H3. The molecule has 1 nitrogen and oxygen atoms in total. The molecule has 0 aliphatic carbocycles. The Labute approximate surface area is 34.6 Å². The predicted molar refractivity (Wildman–Crippen MR) is 24.4 cm³/mol. The summed E-state index contributed by atoms with van der Waals surface area (Å²) in [6.07, 6.45) is 0. The molecule has 0 saturated carbocycles. The zero-order valence-electron chi connectivity index (χ0n) is 3.27. The summed E-state index contributed by atoms with van der Waals surface area (Å²) in [5.74, 6) is 0. The molecule has 29 valence electrons. The predicted octanol–water partition coefficient (Wildman–Crippen LogP) is 0.128. The summed E-state index contributed by atoms with van der Waals surface area (Å²) >= 11 is 0. The molecule has 0 aromatic rings. The van der Waals surface area contributed by atoms with Crippen LogP contribution < -0.4 is 0 Å². The Morgan fingerprint density at radius 2 is 2.60 bits per heavy atom. The third kappa shape index (κ3) is 3.92. The first-order chi connectivity index (χ1) is 2.41. The largest absolute Gasteiger partial charge is 0.419 e. The lowest BCUT2D eigenvalue weighted by Crippen LogP contribution is -1.83. The van der Waals surface area contributed by atoms with Crippen molar-refractivity contribution < 1.29 is 4.43 Å². The van der Waals surface area contributed by atoms with Gasteiger partial charge in [-0.05, 0) is 0 Å². The third-order valence-electron chi connectivity index (χ3n) is 0.232. The molecule has 0 amide bonds. The molecule has 0 fully saturated rings. The molecular formula is C3H7OSi. The van der Waals surface area contributed by atoms with Gasteiger partial charge in [-0.1, -0.05) is 5.70 Å². The summed E-state index contributed by atoms with van der Waals surface area (Å²) in [6, 6.07) is 0. The smallest absolute Gasteiger partial charge is 0.219 e. The van der Waals surface area contributed by atoms with E-state index in [2.05, 4.69) is 11.0 Å². The summed E-state index contributed by atoms with van der Waals surface area (Å²) < 4.78 is 4.66. The summed E-state index contributed by atoms with van der Waals surface area (Å²) in [7, 11) is 1.76. The van der Waals surface area contributed by atoms with E-state index >= 15 is 0 Å². The van der Waals surface area contributed by atoms with E-state index in [0.29, 0.717) is 0 Å². The van der Waals surface area contributed by atoms with Crippen LogP contribution in [0.4, 0.5) is 0 Å². The lowest BCUT2D eigenvalue weighted by molar-refractivity contribution is 0.449. The fourth-order valence-electron chi connectivity index (χ4n) is 0.0962. The van der Waals surface area contributed by atoms with Gasteiger partial charge in [0.25, 0.3) is 0 Å². The zero-order valence-corrected chi connectivity index (χ0v) is 4.42. The van der Waals surface area contributed by atoms with Crippen molar-refractivity contribution in [3.05, 3.63) is 12.3 Å². The van der Waals surface area contributed by atoms with Crippen LogP contribution in [0, 0.1) is 0 Å². The molecule has 1 radical (unpaired) electrons. The van der Waals surface area contributed by atoms with Crippen molar-refractivity contribution in [1.29, 1.82) is 0 Å². The van der Waals surface area contributed by atoms with Crippen molar-refractivity contribution in [2.45, 2.75) is 0 Å².